The SMILES string of the molecule is O=Cc1ccc(O)c(O)c1.[2H]Oc1ccc(C=O)cc1O[2H]. The van der Waals surface area contributed by atoms with E-state index in [9.17, 15) is 9.59 Å². The lowest BCUT2D eigenvalue weighted by molar-refractivity contribution is 0.111. The molecule has 2 rings (SSSR count). The number of phenolic OH excluding ortho intramolecular Hbond substituents is 4. The van der Waals surface area contributed by atoms with Crippen molar-refractivity contribution in [1.82, 2.24) is 0 Å². The molecule has 0 amide bonds. The van der Waals surface area contributed by atoms with E-state index in [0.29, 0.717) is 23.7 Å². The summed E-state index contributed by atoms with van der Waals surface area (Å²) in [6.45, 7) is 0. The predicted molar refractivity (Wildman–Crippen MR) is 70.3 cm³/mol. The normalized spacial score (nSPS) is 10.2. The molecule has 0 aliphatic heterocycles. The first-order valence-corrected chi connectivity index (χ1v) is 5.38. The molecule has 104 valence electrons. The molecule has 6 heteroatoms. The molecule has 4 N–H and O–H groups in total. The summed E-state index contributed by atoms with van der Waals surface area (Å²) in [5, 5.41) is 25.8. The smallest absolute Gasteiger partial charge is 0.293 e. The van der Waals surface area contributed by atoms with Crippen molar-refractivity contribution in [1.29, 1.82) is 2.86 Å². The van der Waals surface area contributed by atoms with Crippen LogP contribution in [0.5, 0.6) is 23.0 Å². The molecule has 20 heavy (non-hydrogen) atoms. The summed E-state index contributed by atoms with van der Waals surface area (Å²) in [7, 11) is 0. The largest absolute Gasteiger partial charge is 0.504 e. The minimum Gasteiger partial charge on any atom is -0.504 e. The Labute approximate surface area is 117 Å². The Morgan fingerprint density at radius 2 is 1.25 bits per heavy atom. The minimum absolute atomic E-state index is 0.0506. The van der Waals surface area contributed by atoms with Crippen LogP contribution in [0.3, 0.4) is 0 Å². The maximum Gasteiger partial charge on any atom is 0.293 e. The fraction of sp³-hybridized carbons (Fsp3) is 0. The van der Waals surface area contributed by atoms with Gasteiger partial charge < -0.3 is 20.4 Å². The highest BCUT2D eigenvalue weighted by Crippen LogP contribution is 2.24. The zero-order chi connectivity index (χ0) is 16.5. The van der Waals surface area contributed by atoms with Crippen molar-refractivity contribution in [3.8, 4) is 23.0 Å². The number of hydrogen-bond donors (Lipinski definition) is 4. The number of aromatic hydroxyl groups is 4. The number of carbonyl (C=O) groups excluding carboxylic acids is 2. The number of benzene rings is 2. The standard InChI is InChI=1S/2C7H6O3/c2*8-4-5-1-2-6(9)7(10)3-5/h2*1-4,9-10H/i/hD2. The summed E-state index contributed by atoms with van der Waals surface area (Å²) in [5.74, 6) is -0.333. The molecule has 0 saturated carbocycles. The third-order valence-corrected chi connectivity index (χ3v) is 2.24. The molecule has 0 spiro atoms. The second-order valence-corrected chi connectivity index (χ2v) is 3.69. The van der Waals surface area contributed by atoms with Crippen molar-refractivity contribution in [2.45, 2.75) is 0 Å². The van der Waals surface area contributed by atoms with Crippen molar-refractivity contribution in [3.63, 3.8) is 0 Å². The van der Waals surface area contributed by atoms with Crippen LogP contribution in [0.2, 0.25) is 0 Å². The Morgan fingerprint density at radius 1 is 0.750 bits per heavy atom. The second kappa shape index (κ2) is 6.79. The Bertz CT molecular complexity index is 660. The van der Waals surface area contributed by atoms with Gasteiger partial charge in [-0.2, -0.15) is 0 Å². The third kappa shape index (κ3) is 4.02. The van der Waals surface area contributed by atoms with E-state index in [1.54, 1.807) is 0 Å². The third-order valence-electron chi connectivity index (χ3n) is 2.24. The topological polar surface area (TPSA) is 115 Å². The van der Waals surface area contributed by atoms with Gasteiger partial charge in [0.15, 0.2) is 23.0 Å². The van der Waals surface area contributed by atoms with Crippen LogP contribution in [-0.4, -0.2) is 35.9 Å². The molecule has 0 aliphatic carbocycles. The van der Waals surface area contributed by atoms with Gasteiger partial charge in [0.1, 0.15) is 12.6 Å². The van der Waals surface area contributed by atoms with Gasteiger partial charge in [-0.25, -0.2) is 0 Å². The van der Waals surface area contributed by atoms with E-state index in [1.165, 1.54) is 36.4 Å². The van der Waals surface area contributed by atoms with Crippen LogP contribution in [0.15, 0.2) is 36.4 Å². The van der Waals surface area contributed by atoms with Crippen LogP contribution in [0.4, 0.5) is 0 Å². The van der Waals surface area contributed by atoms with Crippen LogP contribution in [0.25, 0.3) is 0 Å². The molecule has 0 aromatic heterocycles. The minimum atomic E-state index is -0.274. The molecule has 0 bridgehead atoms. The number of rotatable bonds is 4. The number of hydrogen-bond acceptors (Lipinski definition) is 6. The maximum atomic E-state index is 10.3. The van der Waals surface area contributed by atoms with Gasteiger partial charge in [-0.05, 0) is 36.4 Å². The van der Waals surface area contributed by atoms with E-state index in [4.69, 9.17) is 13.1 Å². The lowest BCUT2D eigenvalue weighted by Crippen LogP contribution is -1.77. The summed E-state index contributed by atoms with van der Waals surface area (Å²) in [6.07, 6.45) is 1.22. The molecule has 0 atom stereocenters. The fourth-order valence-corrected chi connectivity index (χ4v) is 1.21. The molecule has 0 aliphatic rings. The molecule has 0 unspecified atom stereocenters. The van der Waals surface area contributed by atoms with Gasteiger partial charge >= 0.3 is 0 Å². The Balaban J connectivity index is 0.000000224. The van der Waals surface area contributed by atoms with Gasteiger partial charge in [0, 0.05) is 11.1 Å². The van der Waals surface area contributed by atoms with Crippen molar-refractivity contribution < 1.29 is 30.0 Å². The molecule has 0 fully saturated rings. The van der Waals surface area contributed by atoms with Gasteiger partial charge in [0.25, 0.3) is 2.86 Å². The van der Waals surface area contributed by atoms with Crippen LogP contribution in [-0.2, 0) is 0 Å². The molecule has 6 nitrogen and oxygen atoms in total. The average Bonchev–Trinajstić information content (AvgIpc) is 2.57. The highest BCUT2D eigenvalue weighted by atomic mass is 16.3. The van der Waals surface area contributed by atoms with E-state index in [0.717, 1.165) is 0 Å². The fourth-order valence-electron chi connectivity index (χ4n) is 1.21. The van der Waals surface area contributed by atoms with Crippen LogP contribution < -0.4 is 0 Å². The van der Waals surface area contributed by atoms with Crippen molar-refractivity contribution >= 4 is 12.6 Å². The zero-order valence-corrected chi connectivity index (χ0v) is 10.1. The lowest BCUT2D eigenvalue weighted by atomic mass is 10.2. The summed E-state index contributed by atoms with van der Waals surface area (Å²) in [6, 6.07) is 8.06. The van der Waals surface area contributed by atoms with Crippen LogP contribution in [0.1, 0.15) is 20.7 Å². The van der Waals surface area contributed by atoms with Crippen molar-refractivity contribution in [3.05, 3.63) is 47.5 Å². The van der Waals surface area contributed by atoms with Gasteiger partial charge in [0.2, 0.25) is 0 Å². The molecule has 2 aromatic carbocycles. The first kappa shape index (κ1) is 12.0. The number of phenols is 4. The maximum absolute atomic E-state index is 10.3. The molecule has 0 radical (unpaired) electrons. The van der Waals surface area contributed by atoms with E-state index < -0.39 is 0 Å². The first-order valence-electron chi connectivity index (χ1n) is 6.20. The average molecular weight is 278 g/mol. The Morgan fingerprint density at radius 3 is 1.70 bits per heavy atom. The summed E-state index contributed by atoms with van der Waals surface area (Å²) >= 11 is 0. The van der Waals surface area contributed by atoms with Gasteiger partial charge in [-0.1, -0.05) is 0 Å². The van der Waals surface area contributed by atoms with Crippen LogP contribution in [0, 0.1) is 0 Å². The van der Waals surface area contributed by atoms with Gasteiger partial charge in [-0.3, -0.25) is 9.59 Å². The number of carbonyl (C=O) groups is 2. The van der Waals surface area contributed by atoms with Crippen molar-refractivity contribution in [2.75, 3.05) is 0 Å². The highest BCUT2D eigenvalue weighted by molar-refractivity contribution is 5.76. The predicted octanol–water partition coefficient (Wildman–Crippen LogP) is 1.82. The van der Waals surface area contributed by atoms with Gasteiger partial charge in [0.05, 0.1) is 0 Å². The Hall–Kier alpha value is -3.02. The lowest BCUT2D eigenvalue weighted by Gasteiger charge is -1.95. The quantitative estimate of drug-likeness (QED) is 0.501. The second-order valence-electron chi connectivity index (χ2n) is 3.69. The van der Waals surface area contributed by atoms with E-state index >= 15 is 0 Å². The van der Waals surface area contributed by atoms with Crippen molar-refractivity contribution in [2.24, 2.45) is 0 Å². The van der Waals surface area contributed by atoms with E-state index in [-0.39, 0.29) is 23.0 Å². The molecular weight excluding hydrogens is 264 g/mol. The van der Waals surface area contributed by atoms with E-state index in [2.05, 4.69) is 10.2 Å². The molecular formula is C14H12O6. The first-order chi connectivity index (χ1) is 10.5. The highest BCUT2D eigenvalue weighted by Gasteiger charge is 1.98. The summed E-state index contributed by atoms with van der Waals surface area (Å²) in [4.78, 5) is 20.3. The van der Waals surface area contributed by atoms with E-state index in [1.807, 2.05) is 0 Å². The number of aldehydes is 2. The van der Waals surface area contributed by atoms with Gasteiger partial charge in [-0.15, -0.1) is 0 Å². The summed E-state index contributed by atoms with van der Waals surface area (Å²) < 4.78 is 13.1. The zero-order valence-electron chi connectivity index (χ0n) is 12.1. The molecule has 2 aromatic rings. The molecule has 0 heterocycles. The Kier molecular flexibility index (Phi) is 4.09. The molecule has 0 saturated heterocycles. The van der Waals surface area contributed by atoms with Crippen LogP contribution >= 0.6 is 0 Å². The summed E-state index contributed by atoms with van der Waals surface area (Å²) in [5.41, 5.74) is 0.716. The monoisotopic (exact) mass is 278 g/mol.